The molecule has 2 amide bonds. The molecule has 3 rings (SSSR count). The zero-order valence-corrected chi connectivity index (χ0v) is 15.5. The van der Waals surface area contributed by atoms with E-state index >= 15 is 0 Å². The normalized spacial score (nSPS) is 15.6. The molecule has 0 radical (unpaired) electrons. The molecule has 5 heteroatoms. The third-order valence-corrected chi connectivity index (χ3v) is 4.85. The molecule has 0 bridgehead atoms. The van der Waals surface area contributed by atoms with Gasteiger partial charge in [-0.1, -0.05) is 24.3 Å². The van der Waals surface area contributed by atoms with E-state index in [0.717, 1.165) is 12.8 Å². The van der Waals surface area contributed by atoms with Gasteiger partial charge in [-0.25, -0.2) is 0 Å². The van der Waals surface area contributed by atoms with Crippen molar-refractivity contribution in [2.24, 2.45) is 0 Å². The molecule has 1 aliphatic rings. The lowest BCUT2D eigenvalue weighted by Gasteiger charge is -2.24. The van der Waals surface area contributed by atoms with E-state index in [-0.39, 0.29) is 17.9 Å². The quantitative estimate of drug-likeness (QED) is 0.901. The maximum atomic E-state index is 12.4. The maximum absolute atomic E-state index is 12.4. The van der Waals surface area contributed by atoms with Crippen molar-refractivity contribution in [3.63, 3.8) is 0 Å². The summed E-state index contributed by atoms with van der Waals surface area (Å²) < 4.78 is 0. The average molecular weight is 351 g/mol. The van der Waals surface area contributed by atoms with E-state index in [0.29, 0.717) is 17.8 Å². The summed E-state index contributed by atoms with van der Waals surface area (Å²) in [6, 6.07) is 15.7. The number of rotatable bonds is 5. The van der Waals surface area contributed by atoms with E-state index < -0.39 is 0 Å². The SMILES string of the molecule is CN(C)C(=O)c1ccc(NC(=O)CN(C)C2CCc3ccccc32)cc1. The number of benzene rings is 2. The van der Waals surface area contributed by atoms with Gasteiger partial charge in [-0.2, -0.15) is 0 Å². The Labute approximate surface area is 154 Å². The van der Waals surface area contributed by atoms with Gasteiger partial charge in [0.25, 0.3) is 5.91 Å². The number of aryl methyl sites for hydroxylation is 1. The van der Waals surface area contributed by atoms with Crippen molar-refractivity contribution in [2.45, 2.75) is 18.9 Å². The zero-order valence-electron chi connectivity index (χ0n) is 15.5. The molecule has 0 aliphatic heterocycles. The number of amides is 2. The summed E-state index contributed by atoms with van der Waals surface area (Å²) >= 11 is 0. The number of hydrogen-bond acceptors (Lipinski definition) is 3. The van der Waals surface area contributed by atoms with Gasteiger partial charge in [-0.15, -0.1) is 0 Å². The molecule has 2 aromatic rings. The fourth-order valence-corrected chi connectivity index (χ4v) is 3.48. The van der Waals surface area contributed by atoms with Crippen LogP contribution in [-0.2, 0) is 11.2 Å². The Kier molecular flexibility index (Phi) is 5.38. The average Bonchev–Trinajstić information content (AvgIpc) is 3.05. The molecule has 5 nitrogen and oxygen atoms in total. The Morgan fingerprint density at radius 1 is 1.04 bits per heavy atom. The predicted molar refractivity (Wildman–Crippen MR) is 103 cm³/mol. The second-order valence-corrected chi connectivity index (χ2v) is 6.99. The lowest BCUT2D eigenvalue weighted by atomic mass is 10.1. The highest BCUT2D eigenvalue weighted by molar-refractivity contribution is 5.96. The summed E-state index contributed by atoms with van der Waals surface area (Å²) in [5, 5.41) is 2.91. The van der Waals surface area contributed by atoms with Gasteiger partial charge in [0.1, 0.15) is 0 Å². The monoisotopic (exact) mass is 351 g/mol. The van der Waals surface area contributed by atoms with Crippen LogP contribution in [0.3, 0.4) is 0 Å². The van der Waals surface area contributed by atoms with Crippen LogP contribution in [0, 0.1) is 0 Å². The van der Waals surface area contributed by atoms with Gasteiger partial charge in [0.2, 0.25) is 5.91 Å². The van der Waals surface area contributed by atoms with Crippen molar-refractivity contribution in [2.75, 3.05) is 33.0 Å². The molecule has 0 saturated carbocycles. The molecule has 0 spiro atoms. The summed E-state index contributed by atoms with van der Waals surface area (Å²) in [6.45, 7) is 0.331. The summed E-state index contributed by atoms with van der Waals surface area (Å²) in [5.41, 5.74) is 4.01. The van der Waals surface area contributed by atoms with Gasteiger partial charge in [0, 0.05) is 31.4 Å². The number of carbonyl (C=O) groups is 2. The number of nitrogens with one attached hydrogen (secondary N) is 1. The third kappa shape index (κ3) is 3.94. The van der Waals surface area contributed by atoms with Crippen molar-refractivity contribution in [3.8, 4) is 0 Å². The summed E-state index contributed by atoms with van der Waals surface area (Å²) in [5.74, 6) is -0.105. The molecule has 1 N–H and O–H groups in total. The molecule has 2 aromatic carbocycles. The van der Waals surface area contributed by atoms with Gasteiger partial charge in [-0.05, 0) is 55.3 Å². The van der Waals surface area contributed by atoms with Gasteiger partial charge in [0.05, 0.1) is 6.54 Å². The topological polar surface area (TPSA) is 52.7 Å². The van der Waals surface area contributed by atoms with Gasteiger partial charge in [0.15, 0.2) is 0 Å². The van der Waals surface area contributed by atoms with Crippen molar-refractivity contribution in [1.29, 1.82) is 0 Å². The van der Waals surface area contributed by atoms with Crippen LogP contribution in [0.5, 0.6) is 0 Å². The van der Waals surface area contributed by atoms with Crippen LogP contribution in [0.1, 0.15) is 33.9 Å². The van der Waals surface area contributed by atoms with Crippen molar-refractivity contribution in [1.82, 2.24) is 9.80 Å². The highest BCUT2D eigenvalue weighted by Crippen LogP contribution is 2.34. The second-order valence-electron chi connectivity index (χ2n) is 6.99. The highest BCUT2D eigenvalue weighted by Gasteiger charge is 2.26. The first-order valence-electron chi connectivity index (χ1n) is 8.85. The molecule has 0 fully saturated rings. The molecule has 1 aliphatic carbocycles. The van der Waals surface area contributed by atoms with E-state index in [2.05, 4.69) is 34.5 Å². The van der Waals surface area contributed by atoms with Crippen molar-refractivity contribution < 1.29 is 9.59 Å². The van der Waals surface area contributed by atoms with Crippen LogP contribution >= 0.6 is 0 Å². The number of hydrogen-bond donors (Lipinski definition) is 1. The first kappa shape index (κ1) is 18.1. The first-order valence-corrected chi connectivity index (χ1v) is 8.85. The standard InChI is InChI=1S/C21H25N3O2/c1-23(2)21(26)16-8-11-17(12-9-16)22-20(25)14-24(3)19-13-10-15-6-4-5-7-18(15)19/h4-9,11-12,19H,10,13-14H2,1-3H3,(H,22,25). The fraction of sp³-hybridized carbons (Fsp3) is 0.333. The minimum Gasteiger partial charge on any atom is -0.345 e. The Bertz CT molecular complexity index is 799. The Hall–Kier alpha value is -2.66. The van der Waals surface area contributed by atoms with Crippen LogP contribution < -0.4 is 5.32 Å². The molecule has 26 heavy (non-hydrogen) atoms. The summed E-state index contributed by atoms with van der Waals surface area (Å²) in [6.07, 6.45) is 2.11. The minimum absolute atomic E-state index is 0.0523. The predicted octanol–water partition coefficient (Wildman–Crippen LogP) is 2.95. The van der Waals surface area contributed by atoms with E-state index in [1.807, 2.05) is 7.05 Å². The first-order chi connectivity index (χ1) is 12.5. The molecule has 1 unspecified atom stereocenters. The van der Waals surface area contributed by atoms with Crippen LogP contribution in [0.4, 0.5) is 5.69 Å². The summed E-state index contributed by atoms with van der Waals surface area (Å²) in [7, 11) is 5.43. The van der Waals surface area contributed by atoms with Crippen molar-refractivity contribution in [3.05, 3.63) is 65.2 Å². The molecular formula is C21H25N3O2. The van der Waals surface area contributed by atoms with Gasteiger partial charge >= 0.3 is 0 Å². The van der Waals surface area contributed by atoms with E-state index in [1.54, 1.807) is 38.4 Å². The fourth-order valence-electron chi connectivity index (χ4n) is 3.48. The maximum Gasteiger partial charge on any atom is 0.253 e. The Morgan fingerprint density at radius 2 is 1.73 bits per heavy atom. The molecule has 0 heterocycles. The number of fused-ring (bicyclic) bond motifs is 1. The Balaban J connectivity index is 1.58. The molecule has 1 atom stereocenters. The lowest BCUT2D eigenvalue weighted by molar-refractivity contribution is -0.117. The number of likely N-dealkylation sites (N-methyl/N-ethyl adjacent to an activating group) is 1. The van der Waals surface area contributed by atoms with Crippen LogP contribution in [0.15, 0.2) is 48.5 Å². The third-order valence-electron chi connectivity index (χ3n) is 4.85. The van der Waals surface area contributed by atoms with E-state index in [9.17, 15) is 9.59 Å². The molecular weight excluding hydrogens is 326 g/mol. The van der Waals surface area contributed by atoms with E-state index in [1.165, 1.54) is 16.0 Å². The minimum atomic E-state index is -0.0532. The summed E-state index contributed by atoms with van der Waals surface area (Å²) in [4.78, 5) is 27.9. The van der Waals surface area contributed by atoms with Gasteiger partial charge < -0.3 is 10.2 Å². The van der Waals surface area contributed by atoms with Crippen LogP contribution in [-0.4, -0.2) is 49.3 Å². The smallest absolute Gasteiger partial charge is 0.253 e. The largest absolute Gasteiger partial charge is 0.345 e. The number of carbonyl (C=O) groups excluding carboxylic acids is 2. The number of nitrogens with zero attached hydrogens (tertiary/aromatic N) is 2. The molecule has 0 saturated heterocycles. The highest BCUT2D eigenvalue weighted by atomic mass is 16.2. The zero-order chi connectivity index (χ0) is 18.7. The van der Waals surface area contributed by atoms with Crippen LogP contribution in [0.2, 0.25) is 0 Å². The molecule has 136 valence electrons. The van der Waals surface area contributed by atoms with Gasteiger partial charge in [-0.3, -0.25) is 14.5 Å². The molecule has 0 aromatic heterocycles. The second kappa shape index (κ2) is 7.70. The van der Waals surface area contributed by atoms with Crippen molar-refractivity contribution >= 4 is 17.5 Å². The Morgan fingerprint density at radius 3 is 2.42 bits per heavy atom. The van der Waals surface area contributed by atoms with Crippen LogP contribution in [0.25, 0.3) is 0 Å². The van der Waals surface area contributed by atoms with E-state index in [4.69, 9.17) is 0 Å². The number of anilines is 1. The lowest BCUT2D eigenvalue weighted by Crippen LogP contribution is -2.32.